The number of hydrogen-bond acceptors (Lipinski definition) is 2. The summed E-state index contributed by atoms with van der Waals surface area (Å²) in [5.41, 5.74) is 14.5. The molecule has 2 heterocycles. The Morgan fingerprint density at radius 3 is 0.655 bits per heavy atom. The minimum atomic E-state index is 0.772. The van der Waals surface area contributed by atoms with Crippen LogP contribution in [0.2, 0.25) is 0 Å². The van der Waals surface area contributed by atoms with Crippen molar-refractivity contribution in [1.82, 2.24) is 0 Å². The maximum atomic E-state index is 7.39. The van der Waals surface area contributed by atoms with Crippen LogP contribution in [0.1, 0.15) is 0 Å². The van der Waals surface area contributed by atoms with Crippen LogP contribution in [0.15, 0.2) is 239 Å². The van der Waals surface area contributed by atoms with E-state index in [2.05, 4.69) is 231 Å². The van der Waals surface area contributed by atoms with E-state index in [0.29, 0.717) is 0 Å². The molecule has 0 saturated heterocycles. The van der Waals surface area contributed by atoms with Crippen molar-refractivity contribution in [1.29, 1.82) is 0 Å². The van der Waals surface area contributed by atoms with E-state index in [-0.39, 0.29) is 0 Å². The van der Waals surface area contributed by atoms with E-state index in [0.717, 1.165) is 101 Å². The van der Waals surface area contributed by atoms with Gasteiger partial charge in [0.1, 0.15) is 23.0 Å². The standard InChI is InChI=1S/C56H38O2/c1-7-23-39(24-8-1)45-35-19-21-37-47(45)49-51(55(43-31-15-5-16-32-43)57-53(49)41-27-11-3-12-28-41)52-50(48-38-22-20-36-46(48)40-25-9-2-10-26-40)54(42-29-13-4-14-30-42)58-56(52)44-33-17-6-18-34-44/h1-38H. The van der Waals surface area contributed by atoms with Crippen LogP contribution in [0.25, 0.3) is 101 Å². The van der Waals surface area contributed by atoms with Crippen LogP contribution in [-0.2, 0) is 0 Å². The van der Waals surface area contributed by atoms with E-state index in [1.54, 1.807) is 0 Å². The molecule has 0 fully saturated rings. The molecule has 0 aliphatic heterocycles. The summed E-state index contributed by atoms with van der Waals surface area (Å²) in [6, 6.07) is 80.6. The van der Waals surface area contributed by atoms with Crippen LogP contribution >= 0.6 is 0 Å². The molecule has 0 atom stereocenters. The van der Waals surface area contributed by atoms with Crippen molar-refractivity contribution in [3.8, 4) is 101 Å². The summed E-state index contributed by atoms with van der Waals surface area (Å²) in [6.45, 7) is 0. The lowest BCUT2D eigenvalue weighted by atomic mass is 9.82. The Morgan fingerprint density at radius 2 is 0.379 bits per heavy atom. The number of benzene rings is 8. The van der Waals surface area contributed by atoms with Crippen LogP contribution in [0.4, 0.5) is 0 Å². The Hall–Kier alpha value is -7.68. The fourth-order valence-corrected chi connectivity index (χ4v) is 8.17. The number of furan rings is 2. The highest BCUT2D eigenvalue weighted by molar-refractivity contribution is 6.12. The van der Waals surface area contributed by atoms with Crippen LogP contribution in [-0.4, -0.2) is 0 Å². The van der Waals surface area contributed by atoms with Gasteiger partial charge in [-0.05, 0) is 33.4 Å². The predicted molar refractivity (Wildman–Crippen MR) is 240 cm³/mol. The summed E-state index contributed by atoms with van der Waals surface area (Å²) in [4.78, 5) is 0. The minimum Gasteiger partial charge on any atom is -0.455 e. The molecular formula is C56H38O2. The van der Waals surface area contributed by atoms with Gasteiger partial charge in [-0.2, -0.15) is 0 Å². The first-order valence-corrected chi connectivity index (χ1v) is 19.7. The van der Waals surface area contributed by atoms with Gasteiger partial charge in [-0.3, -0.25) is 0 Å². The molecule has 0 saturated carbocycles. The van der Waals surface area contributed by atoms with Crippen molar-refractivity contribution < 1.29 is 8.83 Å². The van der Waals surface area contributed by atoms with E-state index < -0.39 is 0 Å². The van der Waals surface area contributed by atoms with Crippen molar-refractivity contribution in [3.05, 3.63) is 231 Å². The molecule has 10 aromatic rings. The summed E-state index contributed by atoms with van der Waals surface area (Å²) in [7, 11) is 0. The van der Waals surface area contributed by atoms with Gasteiger partial charge in [0.05, 0.1) is 0 Å². The van der Waals surface area contributed by atoms with Crippen molar-refractivity contribution in [2.75, 3.05) is 0 Å². The van der Waals surface area contributed by atoms with Crippen LogP contribution in [0.3, 0.4) is 0 Å². The molecule has 0 radical (unpaired) electrons. The van der Waals surface area contributed by atoms with E-state index >= 15 is 0 Å². The lowest BCUT2D eigenvalue weighted by Gasteiger charge is -2.16. The number of rotatable bonds is 9. The van der Waals surface area contributed by atoms with Gasteiger partial charge in [0.2, 0.25) is 0 Å². The topological polar surface area (TPSA) is 26.3 Å². The van der Waals surface area contributed by atoms with Gasteiger partial charge >= 0.3 is 0 Å². The molecule has 0 unspecified atom stereocenters. The SMILES string of the molecule is c1ccc(-c2ccccc2-c2c(-c3ccccc3)oc(-c3ccccc3)c2-c2c(-c3ccccc3)oc(-c3ccccc3)c2-c2ccccc2-c2ccccc2)cc1. The molecule has 10 rings (SSSR count). The van der Waals surface area contributed by atoms with E-state index in [4.69, 9.17) is 8.83 Å². The van der Waals surface area contributed by atoms with Crippen LogP contribution in [0, 0.1) is 0 Å². The third-order valence-electron chi connectivity index (χ3n) is 10.8. The van der Waals surface area contributed by atoms with Crippen molar-refractivity contribution in [2.45, 2.75) is 0 Å². The minimum absolute atomic E-state index is 0.772. The van der Waals surface area contributed by atoms with E-state index in [1.807, 2.05) is 0 Å². The molecule has 0 aliphatic carbocycles. The number of hydrogen-bond donors (Lipinski definition) is 0. The summed E-state index contributed by atoms with van der Waals surface area (Å²) in [6.07, 6.45) is 0. The summed E-state index contributed by atoms with van der Waals surface area (Å²) in [5.74, 6) is 3.13. The van der Waals surface area contributed by atoms with Crippen molar-refractivity contribution in [3.63, 3.8) is 0 Å². The third-order valence-corrected chi connectivity index (χ3v) is 10.8. The Labute approximate surface area is 339 Å². The molecule has 8 aromatic carbocycles. The fraction of sp³-hybridized carbons (Fsp3) is 0. The molecule has 0 amide bonds. The average molecular weight is 743 g/mol. The van der Waals surface area contributed by atoms with E-state index in [1.165, 1.54) is 0 Å². The van der Waals surface area contributed by atoms with Crippen LogP contribution < -0.4 is 0 Å². The summed E-state index contributed by atoms with van der Waals surface area (Å²) in [5, 5.41) is 0. The molecule has 274 valence electrons. The average Bonchev–Trinajstić information content (AvgIpc) is 3.90. The smallest absolute Gasteiger partial charge is 0.143 e. The van der Waals surface area contributed by atoms with Gasteiger partial charge in [0.25, 0.3) is 0 Å². The first kappa shape index (κ1) is 34.8. The largest absolute Gasteiger partial charge is 0.455 e. The highest BCUT2D eigenvalue weighted by Gasteiger charge is 2.35. The predicted octanol–water partition coefficient (Wildman–Crippen LogP) is 15.9. The molecule has 0 N–H and O–H groups in total. The zero-order chi connectivity index (χ0) is 38.7. The molecule has 2 aromatic heterocycles. The Kier molecular flexibility index (Phi) is 9.27. The van der Waals surface area contributed by atoms with Gasteiger partial charge in [0.15, 0.2) is 0 Å². The maximum absolute atomic E-state index is 7.39. The Morgan fingerprint density at radius 1 is 0.172 bits per heavy atom. The van der Waals surface area contributed by atoms with Crippen molar-refractivity contribution in [2.24, 2.45) is 0 Å². The van der Waals surface area contributed by atoms with Gasteiger partial charge in [0, 0.05) is 44.5 Å². The quantitative estimate of drug-likeness (QED) is 0.147. The monoisotopic (exact) mass is 742 g/mol. The summed E-state index contributed by atoms with van der Waals surface area (Å²) < 4.78 is 14.8. The maximum Gasteiger partial charge on any atom is 0.143 e. The second kappa shape index (κ2) is 15.5. The van der Waals surface area contributed by atoms with E-state index in [9.17, 15) is 0 Å². The molecule has 0 aliphatic rings. The second-order valence-corrected chi connectivity index (χ2v) is 14.3. The summed E-state index contributed by atoms with van der Waals surface area (Å²) >= 11 is 0. The molecule has 0 spiro atoms. The van der Waals surface area contributed by atoms with Gasteiger partial charge < -0.3 is 8.83 Å². The van der Waals surface area contributed by atoms with Gasteiger partial charge in [-0.1, -0.05) is 231 Å². The third kappa shape index (κ3) is 6.37. The molecular weight excluding hydrogens is 705 g/mol. The Bertz CT molecular complexity index is 2740. The lowest BCUT2D eigenvalue weighted by molar-refractivity contribution is 0.595. The molecule has 2 nitrogen and oxygen atoms in total. The first-order chi connectivity index (χ1) is 28.8. The normalized spacial score (nSPS) is 11.1. The lowest BCUT2D eigenvalue weighted by Crippen LogP contribution is -1.93. The highest BCUT2D eigenvalue weighted by atomic mass is 16.3. The molecule has 2 heteroatoms. The fourth-order valence-electron chi connectivity index (χ4n) is 8.17. The van der Waals surface area contributed by atoms with Crippen LogP contribution in [0.5, 0.6) is 0 Å². The van der Waals surface area contributed by atoms with Crippen molar-refractivity contribution >= 4 is 0 Å². The second-order valence-electron chi connectivity index (χ2n) is 14.3. The molecule has 0 bridgehead atoms. The van der Waals surface area contributed by atoms with Gasteiger partial charge in [-0.15, -0.1) is 0 Å². The Balaban J connectivity index is 1.44. The van der Waals surface area contributed by atoms with Gasteiger partial charge in [-0.25, -0.2) is 0 Å². The first-order valence-electron chi connectivity index (χ1n) is 19.7. The molecule has 58 heavy (non-hydrogen) atoms. The zero-order valence-corrected chi connectivity index (χ0v) is 31.8. The zero-order valence-electron chi connectivity index (χ0n) is 31.8. The highest BCUT2D eigenvalue weighted by Crippen LogP contribution is 2.58.